The molecule has 6 heteroatoms. The number of halogens is 1. The zero-order chi connectivity index (χ0) is 12.8. The number of benzene rings is 1. The van der Waals surface area contributed by atoms with Crippen molar-refractivity contribution in [1.29, 1.82) is 0 Å². The number of nitro groups is 1. The van der Waals surface area contributed by atoms with E-state index in [1.807, 2.05) is 6.92 Å². The lowest BCUT2D eigenvalue weighted by molar-refractivity contribution is -0.385. The van der Waals surface area contributed by atoms with Crippen molar-refractivity contribution in [3.8, 4) is 0 Å². The number of aliphatic hydroxyl groups is 1. The zero-order valence-electron chi connectivity index (χ0n) is 9.52. The summed E-state index contributed by atoms with van der Waals surface area (Å²) < 4.78 is 0.803. The molecule has 1 atom stereocenters. The monoisotopic (exact) mass is 302 g/mol. The first-order chi connectivity index (χ1) is 8.08. The Morgan fingerprint density at radius 1 is 1.59 bits per heavy atom. The van der Waals surface area contributed by atoms with Gasteiger partial charge in [0.2, 0.25) is 0 Å². The highest BCUT2D eigenvalue weighted by molar-refractivity contribution is 9.10. The number of nitro benzene ring substituents is 1. The summed E-state index contributed by atoms with van der Waals surface area (Å²) in [4.78, 5) is 10.4. The molecule has 0 aliphatic carbocycles. The molecule has 1 rings (SSSR count). The van der Waals surface area contributed by atoms with Crippen LogP contribution in [0.4, 0.5) is 5.69 Å². The van der Waals surface area contributed by atoms with Gasteiger partial charge in [-0.05, 0) is 18.6 Å². The van der Waals surface area contributed by atoms with Crippen LogP contribution in [0.2, 0.25) is 0 Å². The standard InChI is InChI=1S/C11H15BrN2O3/c1-2-10(7-15)13-6-8-5-9(12)3-4-11(8)14(16)17/h3-5,10,13,15H,2,6-7H2,1H3/t10-/m0/s1. The highest BCUT2D eigenvalue weighted by Crippen LogP contribution is 2.22. The first-order valence-electron chi connectivity index (χ1n) is 5.35. The van der Waals surface area contributed by atoms with Crippen LogP contribution in [0, 0.1) is 10.1 Å². The third kappa shape index (κ3) is 4.07. The van der Waals surface area contributed by atoms with Crippen LogP contribution in [-0.2, 0) is 6.54 Å². The molecule has 0 heterocycles. The van der Waals surface area contributed by atoms with E-state index in [1.54, 1.807) is 12.1 Å². The van der Waals surface area contributed by atoms with Gasteiger partial charge < -0.3 is 10.4 Å². The van der Waals surface area contributed by atoms with Gasteiger partial charge in [0.05, 0.1) is 11.5 Å². The van der Waals surface area contributed by atoms with Gasteiger partial charge in [-0.1, -0.05) is 22.9 Å². The van der Waals surface area contributed by atoms with Crippen LogP contribution in [0.25, 0.3) is 0 Å². The second kappa shape index (κ2) is 6.68. The molecule has 0 unspecified atom stereocenters. The van der Waals surface area contributed by atoms with Crippen LogP contribution in [0.5, 0.6) is 0 Å². The van der Waals surface area contributed by atoms with Gasteiger partial charge in [-0.25, -0.2) is 0 Å². The molecule has 0 spiro atoms. The average molecular weight is 303 g/mol. The number of nitrogens with zero attached hydrogens (tertiary/aromatic N) is 1. The van der Waals surface area contributed by atoms with E-state index in [1.165, 1.54) is 6.07 Å². The lowest BCUT2D eigenvalue weighted by Gasteiger charge is -2.14. The molecule has 94 valence electrons. The maximum atomic E-state index is 10.8. The highest BCUT2D eigenvalue weighted by Gasteiger charge is 2.14. The molecule has 0 saturated carbocycles. The molecular formula is C11H15BrN2O3. The summed E-state index contributed by atoms with van der Waals surface area (Å²) in [6.07, 6.45) is 0.776. The minimum atomic E-state index is -0.399. The van der Waals surface area contributed by atoms with Crippen LogP contribution in [0.1, 0.15) is 18.9 Å². The van der Waals surface area contributed by atoms with Gasteiger partial charge in [-0.3, -0.25) is 10.1 Å². The lowest BCUT2D eigenvalue weighted by Crippen LogP contribution is -2.31. The van der Waals surface area contributed by atoms with Crippen molar-refractivity contribution in [3.63, 3.8) is 0 Å². The van der Waals surface area contributed by atoms with Gasteiger partial charge >= 0.3 is 0 Å². The van der Waals surface area contributed by atoms with E-state index >= 15 is 0 Å². The quantitative estimate of drug-likeness (QED) is 0.624. The first-order valence-corrected chi connectivity index (χ1v) is 6.14. The van der Waals surface area contributed by atoms with Crippen molar-refractivity contribution in [2.45, 2.75) is 25.9 Å². The minimum Gasteiger partial charge on any atom is -0.395 e. The fraction of sp³-hybridized carbons (Fsp3) is 0.455. The van der Waals surface area contributed by atoms with E-state index in [-0.39, 0.29) is 18.3 Å². The molecule has 0 aromatic heterocycles. The van der Waals surface area contributed by atoms with Crippen LogP contribution in [-0.4, -0.2) is 22.7 Å². The Kier molecular flexibility index (Phi) is 5.54. The molecule has 0 radical (unpaired) electrons. The van der Waals surface area contributed by atoms with Gasteiger partial charge in [0.1, 0.15) is 0 Å². The molecule has 5 nitrogen and oxygen atoms in total. The largest absolute Gasteiger partial charge is 0.395 e. The summed E-state index contributed by atoms with van der Waals surface area (Å²) in [5.74, 6) is 0. The van der Waals surface area contributed by atoms with E-state index in [2.05, 4.69) is 21.2 Å². The normalized spacial score (nSPS) is 12.4. The molecule has 0 aliphatic heterocycles. The smallest absolute Gasteiger partial charge is 0.273 e. The summed E-state index contributed by atoms with van der Waals surface area (Å²) in [6.45, 7) is 2.34. The lowest BCUT2D eigenvalue weighted by atomic mass is 10.1. The van der Waals surface area contributed by atoms with Gasteiger partial charge in [0, 0.05) is 28.7 Å². The maximum absolute atomic E-state index is 10.8. The Morgan fingerprint density at radius 3 is 2.82 bits per heavy atom. The Balaban J connectivity index is 2.81. The number of hydrogen-bond acceptors (Lipinski definition) is 4. The molecule has 2 N–H and O–H groups in total. The summed E-state index contributed by atoms with van der Waals surface area (Å²) in [5.41, 5.74) is 0.699. The van der Waals surface area contributed by atoms with Crippen molar-refractivity contribution in [3.05, 3.63) is 38.3 Å². The van der Waals surface area contributed by atoms with Crippen molar-refractivity contribution < 1.29 is 10.0 Å². The Hall–Kier alpha value is -0.980. The predicted octanol–water partition coefficient (Wildman–Crippen LogP) is 2.22. The Bertz CT molecular complexity index is 394. The van der Waals surface area contributed by atoms with Crippen LogP contribution in [0.3, 0.4) is 0 Å². The second-order valence-corrected chi connectivity index (χ2v) is 4.61. The number of nitrogens with one attached hydrogen (secondary N) is 1. The van der Waals surface area contributed by atoms with Crippen LogP contribution < -0.4 is 5.32 Å². The minimum absolute atomic E-state index is 0.0261. The van der Waals surface area contributed by atoms with E-state index in [4.69, 9.17) is 5.11 Å². The number of hydrogen-bond donors (Lipinski definition) is 2. The highest BCUT2D eigenvalue weighted by atomic mass is 79.9. The first kappa shape index (κ1) is 14.1. The Morgan fingerprint density at radius 2 is 2.29 bits per heavy atom. The second-order valence-electron chi connectivity index (χ2n) is 3.70. The van der Waals surface area contributed by atoms with E-state index in [0.717, 1.165) is 10.9 Å². The van der Waals surface area contributed by atoms with Crippen molar-refractivity contribution in [1.82, 2.24) is 5.32 Å². The van der Waals surface area contributed by atoms with Crippen molar-refractivity contribution in [2.75, 3.05) is 6.61 Å². The average Bonchev–Trinajstić information content (AvgIpc) is 2.30. The summed E-state index contributed by atoms with van der Waals surface area (Å²) in [6, 6.07) is 4.80. The molecule has 0 bridgehead atoms. The fourth-order valence-corrected chi connectivity index (χ4v) is 1.87. The fourth-order valence-electron chi connectivity index (χ4n) is 1.47. The molecular weight excluding hydrogens is 288 g/mol. The summed E-state index contributed by atoms with van der Waals surface area (Å²) >= 11 is 3.29. The molecule has 0 saturated heterocycles. The SMILES string of the molecule is CC[C@@H](CO)NCc1cc(Br)ccc1[N+](=O)[O-]. The third-order valence-electron chi connectivity index (χ3n) is 2.53. The molecule has 0 aliphatic rings. The molecule has 0 amide bonds. The topological polar surface area (TPSA) is 75.4 Å². The number of aliphatic hydroxyl groups excluding tert-OH is 1. The van der Waals surface area contributed by atoms with E-state index in [9.17, 15) is 10.1 Å². The van der Waals surface area contributed by atoms with Crippen LogP contribution >= 0.6 is 15.9 Å². The Labute approximate surface area is 108 Å². The number of rotatable bonds is 6. The predicted molar refractivity (Wildman–Crippen MR) is 68.8 cm³/mol. The van der Waals surface area contributed by atoms with Gasteiger partial charge in [-0.15, -0.1) is 0 Å². The molecule has 1 aromatic carbocycles. The molecule has 1 aromatic rings. The van der Waals surface area contributed by atoms with E-state index < -0.39 is 4.92 Å². The zero-order valence-corrected chi connectivity index (χ0v) is 11.1. The third-order valence-corrected chi connectivity index (χ3v) is 3.03. The van der Waals surface area contributed by atoms with E-state index in [0.29, 0.717) is 12.1 Å². The summed E-state index contributed by atoms with van der Waals surface area (Å²) in [5, 5.41) is 22.9. The summed E-state index contributed by atoms with van der Waals surface area (Å²) in [7, 11) is 0. The van der Waals surface area contributed by atoms with Gasteiger partial charge in [0.15, 0.2) is 0 Å². The van der Waals surface area contributed by atoms with Gasteiger partial charge in [0.25, 0.3) is 5.69 Å². The molecule has 17 heavy (non-hydrogen) atoms. The maximum Gasteiger partial charge on any atom is 0.273 e. The van der Waals surface area contributed by atoms with Crippen molar-refractivity contribution >= 4 is 21.6 Å². The molecule has 0 fully saturated rings. The van der Waals surface area contributed by atoms with Gasteiger partial charge in [-0.2, -0.15) is 0 Å². The van der Waals surface area contributed by atoms with Crippen molar-refractivity contribution in [2.24, 2.45) is 0 Å². The van der Waals surface area contributed by atoms with Crippen LogP contribution in [0.15, 0.2) is 22.7 Å².